The van der Waals surface area contributed by atoms with E-state index in [4.69, 9.17) is 17.3 Å². The van der Waals surface area contributed by atoms with Crippen LogP contribution >= 0.6 is 38.9 Å². The number of aromatic nitrogens is 2. The third-order valence-electron chi connectivity index (χ3n) is 3.07. The maximum atomic E-state index is 6.27. The molecule has 0 aliphatic heterocycles. The van der Waals surface area contributed by atoms with Crippen LogP contribution in [0, 0.1) is 0 Å². The van der Waals surface area contributed by atoms with Gasteiger partial charge in [-0.25, -0.2) is 0 Å². The van der Waals surface area contributed by atoms with Crippen LogP contribution in [-0.2, 0) is 19.4 Å². The van der Waals surface area contributed by atoms with Crippen LogP contribution in [-0.4, -0.2) is 9.78 Å². The SMILES string of the molecule is CCc1nn(CC)c(CC(N)c2ccc(Cl)s2)c1Br. The van der Waals surface area contributed by atoms with Crippen LogP contribution in [0.25, 0.3) is 0 Å². The van der Waals surface area contributed by atoms with Crippen LogP contribution in [0.15, 0.2) is 16.6 Å². The summed E-state index contributed by atoms with van der Waals surface area (Å²) in [6.45, 7) is 5.05. The van der Waals surface area contributed by atoms with E-state index >= 15 is 0 Å². The fourth-order valence-corrected chi connectivity index (χ4v) is 3.84. The number of halogens is 2. The number of aryl methyl sites for hydroxylation is 2. The summed E-state index contributed by atoms with van der Waals surface area (Å²) < 4.78 is 3.90. The van der Waals surface area contributed by atoms with E-state index in [9.17, 15) is 0 Å². The molecule has 3 nitrogen and oxygen atoms in total. The van der Waals surface area contributed by atoms with Crippen LogP contribution in [0.5, 0.6) is 0 Å². The van der Waals surface area contributed by atoms with Crippen LogP contribution < -0.4 is 5.73 Å². The summed E-state index contributed by atoms with van der Waals surface area (Å²) in [5, 5.41) is 4.59. The van der Waals surface area contributed by atoms with Gasteiger partial charge in [-0.2, -0.15) is 5.10 Å². The number of hydrogen-bond donors (Lipinski definition) is 1. The molecule has 2 aromatic heterocycles. The molecule has 2 rings (SSSR count). The zero-order valence-corrected chi connectivity index (χ0v) is 14.1. The number of nitrogens with zero attached hydrogens (tertiary/aromatic N) is 2. The number of hydrogen-bond acceptors (Lipinski definition) is 3. The topological polar surface area (TPSA) is 43.8 Å². The maximum absolute atomic E-state index is 6.27. The van der Waals surface area contributed by atoms with Crippen molar-refractivity contribution in [2.24, 2.45) is 5.73 Å². The molecular formula is C13H17BrClN3S. The minimum Gasteiger partial charge on any atom is -0.323 e. The Labute approximate surface area is 130 Å². The average molecular weight is 363 g/mol. The first kappa shape index (κ1) is 15.0. The minimum atomic E-state index is -0.0412. The van der Waals surface area contributed by atoms with Crippen molar-refractivity contribution in [1.82, 2.24) is 9.78 Å². The third-order valence-corrected chi connectivity index (χ3v) is 5.35. The predicted octanol–water partition coefficient (Wildman–Crippen LogP) is 4.19. The van der Waals surface area contributed by atoms with Crippen molar-refractivity contribution in [2.75, 3.05) is 0 Å². The highest BCUT2D eigenvalue weighted by atomic mass is 79.9. The molecule has 2 N–H and O–H groups in total. The predicted molar refractivity (Wildman–Crippen MR) is 84.9 cm³/mol. The molecule has 2 aromatic rings. The van der Waals surface area contributed by atoms with Gasteiger partial charge >= 0.3 is 0 Å². The van der Waals surface area contributed by atoms with Crippen molar-refractivity contribution in [3.63, 3.8) is 0 Å². The zero-order valence-electron chi connectivity index (χ0n) is 11.0. The van der Waals surface area contributed by atoms with Crippen molar-refractivity contribution in [3.8, 4) is 0 Å². The number of thiophene rings is 1. The van der Waals surface area contributed by atoms with Gasteiger partial charge in [0.1, 0.15) is 0 Å². The van der Waals surface area contributed by atoms with Crippen molar-refractivity contribution >= 4 is 38.9 Å². The van der Waals surface area contributed by atoms with Gasteiger partial charge in [0.25, 0.3) is 0 Å². The van der Waals surface area contributed by atoms with Gasteiger partial charge in [-0.05, 0) is 41.4 Å². The van der Waals surface area contributed by atoms with E-state index < -0.39 is 0 Å². The van der Waals surface area contributed by atoms with Crippen LogP contribution in [0.1, 0.15) is 36.2 Å². The van der Waals surface area contributed by atoms with Gasteiger partial charge in [-0.15, -0.1) is 11.3 Å². The van der Waals surface area contributed by atoms with E-state index in [2.05, 4.69) is 34.9 Å². The maximum Gasteiger partial charge on any atom is 0.0931 e. The minimum absolute atomic E-state index is 0.0412. The Hall–Kier alpha value is -0.360. The standard InChI is InChI=1S/C13H17BrClN3S/c1-3-9-13(14)10(18(4-2)17-9)7-8(16)11-5-6-12(15)19-11/h5-6,8H,3-4,7,16H2,1-2H3. The molecule has 104 valence electrons. The van der Waals surface area contributed by atoms with Gasteiger partial charge < -0.3 is 5.73 Å². The molecule has 2 heterocycles. The molecule has 0 aliphatic carbocycles. The largest absolute Gasteiger partial charge is 0.323 e. The molecule has 1 atom stereocenters. The lowest BCUT2D eigenvalue weighted by atomic mass is 10.1. The summed E-state index contributed by atoms with van der Waals surface area (Å²) in [5.41, 5.74) is 8.53. The molecule has 0 saturated heterocycles. The lowest BCUT2D eigenvalue weighted by Crippen LogP contribution is -2.15. The molecule has 0 radical (unpaired) electrons. The molecule has 0 saturated carbocycles. The first-order chi connectivity index (χ1) is 9.06. The Bertz CT molecular complexity index is 564. The van der Waals surface area contributed by atoms with Gasteiger partial charge in [0.2, 0.25) is 0 Å². The second kappa shape index (κ2) is 6.39. The summed E-state index contributed by atoms with van der Waals surface area (Å²) in [5.74, 6) is 0. The molecule has 0 aromatic carbocycles. The van der Waals surface area contributed by atoms with Crippen molar-refractivity contribution in [2.45, 2.75) is 39.3 Å². The fraction of sp³-hybridized carbons (Fsp3) is 0.462. The smallest absolute Gasteiger partial charge is 0.0931 e. The summed E-state index contributed by atoms with van der Waals surface area (Å²) in [7, 11) is 0. The first-order valence-corrected chi connectivity index (χ1v) is 8.30. The van der Waals surface area contributed by atoms with Gasteiger partial charge in [-0.1, -0.05) is 18.5 Å². The summed E-state index contributed by atoms with van der Waals surface area (Å²) in [6, 6.07) is 3.85. The molecule has 1 unspecified atom stereocenters. The molecule has 0 fully saturated rings. The van der Waals surface area contributed by atoms with Gasteiger partial charge in [0.05, 0.1) is 20.2 Å². The molecule has 0 bridgehead atoms. The second-order valence-electron chi connectivity index (χ2n) is 4.33. The highest BCUT2D eigenvalue weighted by Gasteiger charge is 2.18. The van der Waals surface area contributed by atoms with Crippen LogP contribution in [0.4, 0.5) is 0 Å². The van der Waals surface area contributed by atoms with Crippen molar-refractivity contribution in [3.05, 3.63) is 37.2 Å². The van der Waals surface area contributed by atoms with Gasteiger partial charge in [0, 0.05) is 23.9 Å². The molecule has 0 spiro atoms. The van der Waals surface area contributed by atoms with Gasteiger partial charge in [0.15, 0.2) is 0 Å². The van der Waals surface area contributed by atoms with Crippen LogP contribution in [0.2, 0.25) is 4.34 Å². The van der Waals surface area contributed by atoms with Gasteiger partial charge in [-0.3, -0.25) is 4.68 Å². The number of nitrogens with two attached hydrogens (primary N) is 1. The zero-order chi connectivity index (χ0) is 14.0. The Balaban J connectivity index is 2.25. The fourth-order valence-electron chi connectivity index (χ4n) is 2.05. The monoisotopic (exact) mass is 361 g/mol. The molecule has 0 amide bonds. The summed E-state index contributed by atoms with van der Waals surface area (Å²) >= 11 is 11.2. The van der Waals surface area contributed by atoms with E-state index in [1.165, 1.54) is 0 Å². The summed E-state index contributed by atoms with van der Waals surface area (Å²) in [4.78, 5) is 1.11. The highest BCUT2D eigenvalue weighted by molar-refractivity contribution is 9.10. The van der Waals surface area contributed by atoms with E-state index in [-0.39, 0.29) is 6.04 Å². The van der Waals surface area contributed by atoms with Crippen molar-refractivity contribution in [1.29, 1.82) is 0 Å². The van der Waals surface area contributed by atoms with E-state index in [1.54, 1.807) is 11.3 Å². The molecule has 6 heteroatoms. The lowest BCUT2D eigenvalue weighted by molar-refractivity contribution is 0.587. The quantitative estimate of drug-likeness (QED) is 0.867. The Morgan fingerprint density at radius 2 is 2.21 bits per heavy atom. The van der Waals surface area contributed by atoms with E-state index in [0.717, 1.165) is 44.5 Å². The number of rotatable bonds is 5. The Morgan fingerprint density at radius 1 is 1.47 bits per heavy atom. The second-order valence-corrected chi connectivity index (χ2v) is 6.87. The highest BCUT2D eigenvalue weighted by Crippen LogP contribution is 2.30. The molecular weight excluding hydrogens is 346 g/mol. The Morgan fingerprint density at radius 3 is 2.74 bits per heavy atom. The summed E-state index contributed by atoms with van der Waals surface area (Å²) in [6.07, 6.45) is 1.68. The normalized spacial score (nSPS) is 12.9. The molecule has 19 heavy (non-hydrogen) atoms. The third kappa shape index (κ3) is 3.21. The van der Waals surface area contributed by atoms with Crippen LogP contribution in [0.3, 0.4) is 0 Å². The average Bonchev–Trinajstić information content (AvgIpc) is 2.95. The van der Waals surface area contributed by atoms with E-state index in [1.807, 2.05) is 16.8 Å². The Kier molecular flexibility index (Phi) is 5.06. The molecule has 0 aliphatic rings. The first-order valence-electron chi connectivity index (χ1n) is 6.31. The van der Waals surface area contributed by atoms with E-state index in [0.29, 0.717) is 0 Å². The lowest BCUT2D eigenvalue weighted by Gasteiger charge is -2.11. The van der Waals surface area contributed by atoms with Crippen molar-refractivity contribution < 1.29 is 0 Å².